The monoisotopic (exact) mass is 461 g/mol. The Balaban J connectivity index is 1.51. The zero-order valence-electron chi connectivity index (χ0n) is 18.3. The lowest BCUT2D eigenvalue weighted by molar-refractivity contribution is -0.129. The molecule has 0 aliphatic carbocycles. The Morgan fingerprint density at radius 2 is 1.81 bits per heavy atom. The van der Waals surface area contributed by atoms with E-state index in [1.807, 2.05) is 17.9 Å². The van der Waals surface area contributed by atoms with Crippen molar-refractivity contribution < 1.29 is 17.6 Å². The third kappa shape index (κ3) is 4.47. The third-order valence-corrected chi connectivity index (χ3v) is 8.66. The van der Waals surface area contributed by atoms with Crippen molar-refractivity contribution in [1.82, 2.24) is 19.2 Å². The van der Waals surface area contributed by atoms with Gasteiger partial charge in [0.25, 0.3) is 0 Å². The molecule has 172 valence electrons. The predicted molar refractivity (Wildman–Crippen MR) is 119 cm³/mol. The lowest BCUT2D eigenvalue weighted by Crippen LogP contribution is -2.48. The Labute approximate surface area is 188 Å². The number of carbonyl (C=O) groups is 1. The summed E-state index contributed by atoms with van der Waals surface area (Å²) in [5.74, 6) is -0.107. The number of aromatic nitrogens is 2. The van der Waals surface area contributed by atoms with Crippen LogP contribution in [0.3, 0.4) is 0 Å². The van der Waals surface area contributed by atoms with Crippen LogP contribution in [0.25, 0.3) is 0 Å². The second-order valence-electron chi connectivity index (χ2n) is 8.38. The Morgan fingerprint density at radius 1 is 1.12 bits per heavy atom. The molecule has 0 spiro atoms. The number of nitrogens with zero attached hydrogens (tertiary/aromatic N) is 5. The molecule has 0 N–H and O–H groups in total. The van der Waals surface area contributed by atoms with Crippen LogP contribution in [-0.4, -0.2) is 65.7 Å². The summed E-state index contributed by atoms with van der Waals surface area (Å²) in [6.07, 6.45) is 4.17. The first-order chi connectivity index (χ1) is 15.3. The van der Waals surface area contributed by atoms with Crippen LogP contribution in [-0.2, 0) is 21.4 Å². The topological polar surface area (TPSA) is 86.7 Å². The molecule has 1 aromatic carbocycles. The maximum atomic E-state index is 15.0. The van der Waals surface area contributed by atoms with E-state index in [-0.39, 0.29) is 24.3 Å². The largest absolute Gasteiger partial charge is 0.368 e. The average molecular weight is 462 g/mol. The van der Waals surface area contributed by atoms with Gasteiger partial charge >= 0.3 is 0 Å². The van der Waals surface area contributed by atoms with E-state index in [1.54, 1.807) is 24.0 Å². The normalized spacial score (nSPS) is 23.8. The van der Waals surface area contributed by atoms with E-state index in [4.69, 9.17) is 0 Å². The van der Waals surface area contributed by atoms with Crippen molar-refractivity contribution in [2.24, 2.45) is 0 Å². The van der Waals surface area contributed by atoms with Gasteiger partial charge in [0.2, 0.25) is 15.9 Å². The number of hydrogen-bond donors (Lipinski definition) is 0. The van der Waals surface area contributed by atoms with Crippen LogP contribution in [0.2, 0.25) is 0 Å². The molecule has 8 nitrogen and oxygen atoms in total. The molecule has 1 amide bonds. The van der Waals surface area contributed by atoms with E-state index >= 15 is 4.39 Å². The van der Waals surface area contributed by atoms with Crippen LogP contribution >= 0.6 is 0 Å². The summed E-state index contributed by atoms with van der Waals surface area (Å²) in [5, 5.41) is -0.820. The maximum absolute atomic E-state index is 15.0. The smallest absolute Gasteiger partial charge is 0.224 e. The molecule has 0 unspecified atom stereocenters. The first kappa shape index (κ1) is 22.6. The number of sulfonamides is 1. The second kappa shape index (κ2) is 9.11. The Morgan fingerprint density at radius 3 is 2.44 bits per heavy atom. The molecule has 2 aliphatic heterocycles. The van der Waals surface area contributed by atoms with Gasteiger partial charge in [0.15, 0.2) is 0 Å². The van der Waals surface area contributed by atoms with Crippen molar-refractivity contribution in [2.75, 3.05) is 31.1 Å². The first-order valence-corrected chi connectivity index (χ1v) is 12.3. The zero-order chi connectivity index (χ0) is 22.9. The van der Waals surface area contributed by atoms with E-state index in [1.165, 1.54) is 22.8 Å². The standard InChI is InChI=1S/C22H28FN5O3S/c1-16-4-7-21(22-24-8-3-9-25-22)32(30,31)28(16)15-18-5-6-19(14-20(18)23)27-12-10-26(11-13-27)17(2)29/h3,5-6,8-9,14,16,21H,4,7,10-13,15H2,1-2H3/t16-,21+/m0/s1. The van der Waals surface area contributed by atoms with Crippen molar-refractivity contribution in [2.45, 2.75) is 44.5 Å². The van der Waals surface area contributed by atoms with Gasteiger partial charge in [-0.15, -0.1) is 0 Å². The highest BCUT2D eigenvalue weighted by atomic mass is 32.2. The molecule has 3 heterocycles. The van der Waals surface area contributed by atoms with E-state index in [2.05, 4.69) is 9.97 Å². The molecular weight excluding hydrogens is 433 g/mol. The number of benzene rings is 1. The predicted octanol–water partition coefficient (Wildman–Crippen LogP) is 2.34. The number of hydrogen-bond acceptors (Lipinski definition) is 6. The minimum absolute atomic E-state index is 0.0307. The van der Waals surface area contributed by atoms with E-state index < -0.39 is 21.1 Å². The number of amides is 1. The number of rotatable bonds is 4. The third-order valence-electron chi connectivity index (χ3n) is 6.35. The number of carbonyl (C=O) groups excluding carboxylic acids is 1. The van der Waals surface area contributed by atoms with Crippen LogP contribution in [0.5, 0.6) is 0 Å². The summed E-state index contributed by atoms with van der Waals surface area (Å²) in [5.41, 5.74) is 1.07. The summed E-state index contributed by atoms with van der Waals surface area (Å²) in [6, 6.07) is 6.35. The van der Waals surface area contributed by atoms with Gasteiger partial charge in [-0.25, -0.2) is 22.8 Å². The van der Waals surface area contributed by atoms with Crippen molar-refractivity contribution in [3.8, 4) is 0 Å². The molecule has 2 saturated heterocycles. The number of halogens is 1. The molecule has 0 saturated carbocycles. The van der Waals surface area contributed by atoms with Gasteiger partial charge in [0.1, 0.15) is 16.9 Å². The van der Waals surface area contributed by atoms with Crippen LogP contribution in [0, 0.1) is 5.82 Å². The van der Waals surface area contributed by atoms with Gasteiger partial charge < -0.3 is 9.80 Å². The molecule has 2 aliphatic rings. The SMILES string of the molecule is CC(=O)N1CCN(c2ccc(CN3[C@@H](C)CC[C@H](c4ncccn4)S3(=O)=O)c(F)c2)CC1. The van der Waals surface area contributed by atoms with Crippen LogP contribution < -0.4 is 4.90 Å². The van der Waals surface area contributed by atoms with E-state index in [0.717, 1.165) is 5.69 Å². The maximum Gasteiger partial charge on any atom is 0.224 e. The van der Waals surface area contributed by atoms with Crippen molar-refractivity contribution in [3.63, 3.8) is 0 Å². The fourth-order valence-electron chi connectivity index (χ4n) is 4.39. The number of anilines is 1. The highest BCUT2D eigenvalue weighted by molar-refractivity contribution is 7.89. The van der Waals surface area contributed by atoms with E-state index in [0.29, 0.717) is 44.6 Å². The van der Waals surface area contributed by atoms with Gasteiger partial charge in [-0.1, -0.05) is 6.07 Å². The molecule has 2 atom stereocenters. The zero-order valence-corrected chi connectivity index (χ0v) is 19.1. The summed E-state index contributed by atoms with van der Waals surface area (Å²) in [6.45, 7) is 5.84. The molecule has 0 radical (unpaired) electrons. The van der Waals surface area contributed by atoms with Crippen molar-refractivity contribution >= 4 is 21.6 Å². The van der Waals surface area contributed by atoms with Gasteiger partial charge in [0.05, 0.1) is 0 Å². The first-order valence-electron chi connectivity index (χ1n) is 10.8. The van der Waals surface area contributed by atoms with Gasteiger partial charge in [-0.3, -0.25) is 4.79 Å². The highest BCUT2D eigenvalue weighted by Gasteiger charge is 2.42. The number of piperazine rings is 1. The van der Waals surface area contributed by atoms with Crippen LogP contribution in [0.4, 0.5) is 10.1 Å². The van der Waals surface area contributed by atoms with Crippen molar-refractivity contribution in [3.05, 3.63) is 53.9 Å². The molecule has 10 heteroatoms. The van der Waals surface area contributed by atoms with Gasteiger partial charge in [0, 0.05) is 69.3 Å². The Hall–Kier alpha value is -2.59. The molecule has 1 aromatic heterocycles. The summed E-state index contributed by atoms with van der Waals surface area (Å²) in [4.78, 5) is 23.6. The molecule has 2 fully saturated rings. The quantitative estimate of drug-likeness (QED) is 0.695. The average Bonchev–Trinajstić information content (AvgIpc) is 2.78. The molecule has 4 rings (SSSR count). The summed E-state index contributed by atoms with van der Waals surface area (Å²) in [7, 11) is -3.73. The van der Waals surface area contributed by atoms with Gasteiger partial charge in [-0.05, 0) is 38.0 Å². The van der Waals surface area contributed by atoms with Crippen LogP contribution in [0.15, 0.2) is 36.7 Å². The Bertz CT molecular complexity index is 1070. The van der Waals surface area contributed by atoms with Gasteiger partial charge in [-0.2, -0.15) is 4.31 Å². The summed E-state index contributed by atoms with van der Waals surface area (Å²) >= 11 is 0. The molecule has 32 heavy (non-hydrogen) atoms. The molecular formula is C22H28FN5O3S. The summed E-state index contributed by atoms with van der Waals surface area (Å²) < 4.78 is 43.0. The fraction of sp³-hybridized carbons (Fsp3) is 0.500. The Kier molecular flexibility index (Phi) is 6.43. The highest BCUT2D eigenvalue weighted by Crippen LogP contribution is 2.37. The minimum atomic E-state index is -3.73. The second-order valence-corrected chi connectivity index (χ2v) is 10.4. The fourth-order valence-corrected chi connectivity index (χ4v) is 6.47. The van der Waals surface area contributed by atoms with Crippen LogP contribution in [0.1, 0.15) is 43.3 Å². The molecule has 2 aromatic rings. The lowest BCUT2D eigenvalue weighted by Gasteiger charge is -2.37. The molecule has 0 bridgehead atoms. The minimum Gasteiger partial charge on any atom is -0.368 e. The van der Waals surface area contributed by atoms with E-state index in [9.17, 15) is 13.2 Å². The lowest BCUT2D eigenvalue weighted by atomic mass is 10.1. The van der Waals surface area contributed by atoms with Crippen molar-refractivity contribution in [1.29, 1.82) is 0 Å².